The van der Waals surface area contributed by atoms with Crippen LogP contribution in [0.5, 0.6) is 0 Å². The number of carbonyl (C=O) groups excluding carboxylic acids is 2. The van der Waals surface area contributed by atoms with Gasteiger partial charge in [-0.15, -0.1) is 0 Å². The van der Waals surface area contributed by atoms with Gasteiger partial charge in [-0.25, -0.2) is 0 Å². The number of hydrogen-bond donors (Lipinski definition) is 1. The first-order valence-corrected chi connectivity index (χ1v) is 9.68. The Hall–Kier alpha value is -1.89. The largest absolute Gasteiger partial charge is 0.370 e. The molecule has 0 aliphatic carbocycles. The van der Waals surface area contributed by atoms with Crippen molar-refractivity contribution >= 4 is 11.8 Å². The number of hydrogen-bond acceptors (Lipinski definition) is 4. The van der Waals surface area contributed by atoms with Crippen molar-refractivity contribution in [1.29, 1.82) is 0 Å². The number of nitrogens with one attached hydrogen (secondary N) is 1. The minimum absolute atomic E-state index is 0.0195. The molecule has 2 fully saturated rings. The zero-order valence-corrected chi connectivity index (χ0v) is 16.1. The van der Waals surface area contributed by atoms with E-state index in [1.807, 2.05) is 16.5 Å². The Bertz CT molecular complexity index is 662. The van der Waals surface area contributed by atoms with Crippen LogP contribution in [0, 0.1) is 6.92 Å². The van der Waals surface area contributed by atoms with Gasteiger partial charge in [0, 0.05) is 38.8 Å². The molecule has 0 aromatic carbocycles. The first kappa shape index (κ1) is 18.9. The summed E-state index contributed by atoms with van der Waals surface area (Å²) in [4.78, 5) is 25.9. The van der Waals surface area contributed by atoms with E-state index >= 15 is 0 Å². The quantitative estimate of drug-likeness (QED) is 0.868. The summed E-state index contributed by atoms with van der Waals surface area (Å²) in [6.07, 6.45) is 6.49. The standard InChI is InChI=1S/C19H30N4O3/c1-4-9-23-14(2)17(13-21-23)18(25)22-10-7-19(8-11-22)6-5-16(26-19)12-20-15(3)24/h13,16H,4-12H2,1-3H3,(H,20,24)/t16-/m0/s1. The van der Waals surface area contributed by atoms with Crippen molar-refractivity contribution in [2.45, 2.75) is 71.1 Å². The molecule has 1 spiro atoms. The van der Waals surface area contributed by atoms with Crippen molar-refractivity contribution in [1.82, 2.24) is 20.0 Å². The van der Waals surface area contributed by atoms with Gasteiger partial charge in [0.25, 0.3) is 5.91 Å². The highest BCUT2D eigenvalue weighted by atomic mass is 16.5. The Labute approximate surface area is 155 Å². The van der Waals surface area contributed by atoms with Crippen LogP contribution in [0.4, 0.5) is 0 Å². The molecule has 0 saturated carbocycles. The molecule has 144 valence electrons. The molecule has 3 rings (SSSR count). The van der Waals surface area contributed by atoms with Crippen molar-refractivity contribution in [2.24, 2.45) is 0 Å². The van der Waals surface area contributed by atoms with E-state index in [0.717, 1.165) is 44.3 Å². The summed E-state index contributed by atoms with van der Waals surface area (Å²) in [7, 11) is 0. The Morgan fingerprint density at radius 3 is 2.73 bits per heavy atom. The number of carbonyl (C=O) groups is 2. The number of rotatable bonds is 5. The molecular weight excluding hydrogens is 332 g/mol. The van der Waals surface area contributed by atoms with Gasteiger partial charge in [-0.3, -0.25) is 14.3 Å². The van der Waals surface area contributed by atoms with Crippen molar-refractivity contribution in [2.75, 3.05) is 19.6 Å². The molecule has 0 radical (unpaired) electrons. The van der Waals surface area contributed by atoms with Crippen molar-refractivity contribution in [3.05, 3.63) is 17.5 Å². The summed E-state index contributed by atoms with van der Waals surface area (Å²) < 4.78 is 8.17. The van der Waals surface area contributed by atoms with Gasteiger partial charge >= 0.3 is 0 Å². The molecule has 7 heteroatoms. The average molecular weight is 362 g/mol. The lowest BCUT2D eigenvalue weighted by molar-refractivity contribution is -0.120. The molecule has 7 nitrogen and oxygen atoms in total. The third-order valence-corrected chi connectivity index (χ3v) is 5.65. The first-order chi connectivity index (χ1) is 12.4. The maximum atomic E-state index is 12.9. The van der Waals surface area contributed by atoms with Crippen LogP contribution < -0.4 is 5.32 Å². The van der Waals surface area contributed by atoms with Crippen LogP contribution in [-0.2, 0) is 16.1 Å². The number of aromatic nitrogens is 2. The number of piperidine rings is 1. The van der Waals surface area contributed by atoms with Gasteiger partial charge in [0.15, 0.2) is 0 Å². The third kappa shape index (κ3) is 3.92. The normalized spacial score (nSPS) is 22.0. The van der Waals surface area contributed by atoms with Crippen LogP contribution in [0.2, 0.25) is 0 Å². The summed E-state index contributed by atoms with van der Waals surface area (Å²) in [6, 6.07) is 0. The van der Waals surface area contributed by atoms with Gasteiger partial charge in [0.2, 0.25) is 5.91 Å². The summed E-state index contributed by atoms with van der Waals surface area (Å²) in [6.45, 7) is 8.44. The topological polar surface area (TPSA) is 76.5 Å². The molecule has 0 bridgehead atoms. The van der Waals surface area contributed by atoms with Crippen LogP contribution in [0.25, 0.3) is 0 Å². The van der Waals surface area contributed by atoms with Gasteiger partial charge in [-0.1, -0.05) is 6.92 Å². The van der Waals surface area contributed by atoms with E-state index in [-0.39, 0.29) is 23.5 Å². The van der Waals surface area contributed by atoms with Gasteiger partial charge in [0.1, 0.15) is 0 Å². The summed E-state index contributed by atoms with van der Waals surface area (Å²) in [5.74, 6) is 0.0569. The summed E-state index contributed by atoms with van der Waals surface area (Å²) >= 11 is 0. The maximum absolute atomic E-state index is 12.9. The Morgan fingerprint density at radius 2 is 2.08 bits per heavy atom. The van der Waals surface area contributed by atoms with Gasteiger partial charge in [-0.2, -0.15) is 5.10 Å². The predicted molar refractivity (Wildman–Crippen MR) is 97.9 cm³/mol. The molecule has 26 heavy (non-hydrogen) atoms. The van der Waals surface area contributed by atoms with Crippen molar-refractivity contribution in [3.8, 4) is 0 Å². The molecule has 2 saturated heterocycles. The van der Waals surface area contributed by atoms with E-state index < -0.39 is 0 Å². The minimum atomic E-state index is -0.124. The molecule has 1 N–H and O–H groups in total. The van der Waals surface area contributed by atoms with Crippen molar-refractivity contribution < 1.29 is 14.3 Å². The van der Waals surface area contributed by atoms with Crippen LogP contribution in [0.15, 0.2) is 6.20 Å². The second-order valence-electron chi connectivity index (χ2n) is 7.56. The molecule has 1 aromatic heterocycles. The second-order valence-corrected chi connectivity index (χ2v) is 7.56. The lowest BCUT2D eigenvalue weighted by Gasteiger charge is -2.39. The molecule has 0 unspecified atom stereocenters. The second kappa shape index (κ2) is 7.78. The zero-order valence-electron chi connectivity index (χ0n) is 16.1. The Balaban J connectivity index is 1.55. The zero-order chi connectivity index (χ0) is 18.7. The molecule has 2 aliphatic heterocycles. The monoisotopic (exact) mass is 362 g/mol. The number of ether oxygens (including phenoxy) is 1. The number of aryl methyl sites for hydroxylation is 1. The smallest absolute Gasteiger partial charge is 0.257 e. The molecular formula is C19H30N4O3. The fourth-order valence-electron chi connectivity index (χ4n) is 4.05. The van der Waals surface area contributed by atoms with Crippen LogP contribution in [0.1, 0.15) is 62.0 Å². The van der Waals surface area contributed by atoms with Gasteiger partial charge in [0.05, 0.1) is 23.5 Å². The molecule has 1 aromatic rings. The van der Waals surface area contributed by atoms with E-state index in [4.69, 9.17) is 4.74 Å². The molecule has 2 amide bonds. The molecule has 3 heterocycles. The lowest BCUT2D eigenvalue weighted by atomic mass is 9.88. The van der Waals surface area contributed by atoms with Crippen LogP contribution >= 0.6 is 0 Å². The highest BCUT2D eigenvalue weighted by molar-refractivity contribution is 5.95. The highest BCUT2D eigenvalue weighted by Gasteiger charge is 2.43. The van der Waals surface area contributed by atoms with E-state index in [1.54, 1.807) is 6.20 Å². The first-order valence-electron chi connectivity index (χ1n) is 9.68. The summed E-state index contributed by atoms with van der Waals surface area (Å²) in [5.41, 5.74) is 1.54. The van der Waals surface area contributed by atoms with E-state index in [1.165, 1.54) is 6.92 Å². The van der Waals surface area contributed by atoms with E-state index in [2.05, 4.69) is 17.3 Å². The predicted octanol–water partition coefficient (Wildman–Crippen LogP) is 1.89. The van der Waals surface area contributed by atoms with Crippen molar-refractivity contribution in [3.63, 3.8) is 0 Å². The van der Waals surface area contributed by atoms with Gasteiger partial charge in [-0.05, 0) is 39.0 Å². The fourth-order valence-corrected chi connectivity index (χ4v) is 4.05. The SMILES string of the molecule is CCCn1ncc(C(=O)N2CCC3(CC[C@@H](CNC(C)=O)O3)CC2)c1C. The van der Waals surface area contributed by atoms with Gasteiger partial charge < -0.3 is 15.0 Å². The Morgan fingerprint density at radius 1 is 1.35 bits per heavy atom. The number of amides is 2. The number of nitrogens with zero attached hydrogens (tertiary/aromatic N) is 3. The maximum Gasteiger partial charge on any atom is 0.257 e. The van der Waals surface area contributed by atoms with E-state index in [9.17, 15) is 9.59 Å². The fraction of sp³-hybridized carbons (Fsp3) is 0.737. The van der Waals surface area contributed by atoms with Crippen LogP contribution in [0.3, 0.4) is 0 Å². The summed E-state index contributed by atoms with van der Waals surface area (Å²) in [5, 5.41) is 7.19. The van der Waals surface area contributed by atoms with Crippen LogP contribution in [-0.4, -0.2) is 57.8 Å². The lowest BCUT2D eigenvalue weighted by Crippen LogP contribution is -2.47. The Kier molecular flexibility index (Phi) is 5.65. The minimum Gasteiger partial charge on any atom is -0.370 e. The molecule has 2 aliphatic rings. The average Bonchev–Trinajstić information content (AvgIpc) is 3.18. The van der Waals surface area contributed by atoms with E-state index in [0.29, 0.717) is 25.2 Å². The third-order valence-electron chi connectivity index (χ3n) is 5.65. The number of likely N-dealkylation sites (tertiary alicyclic amines) is 1. The highest BCUT2D eigenvalue weighted by Crippen LogP contribution is 2.39. The molecule has 1 atom stereocenters.